The highest BCUT2D eigenvalue weighted by Gasteiger charge is 2.45. The second kappa shape index (κ2) is 6.01. The van der Waals surface area contributed by atoms with Crippen LogP contribution in [0.15, 0.2) is 12.1 Å². The third-order valence-electron chi connectivity index (χ3n) is 4.41. The van der Waals surface area contributed by atoms with Gasteiger partial charge in [-0.2, -0.15) is 0 Å². The van der Waals surface area contributed by atoms with Crippen molar-refractivity contribution in [2.45, 2.75) is 43.4 Å². The Morgan fingerprint density at radius 3 is 2.54 bits per heavy atom. The van der Waals surface area contributed by atoms with Crippen molar-refractivity contribution in [2.75, 3.05) is 11.9 Å². The number of imidazole rings is 1. The molecule has 1 saturated heterocycles. The lowest BCUT2D eigenvalue weighted by atomic mass is 10.1. The number of halogens is 2. The number of rotatable bonds is 4. The van der Waals surface area contributed by atoms with Crippen LogP contribution >= 0.6 is 23.2 Å². The number of hydrogen-bond donors (Lipinski definition) is 4. The second-order valence-electron chi connectivity index (χ2n) is 6.21. The van der Waals surface area contributed by atoms with Gasteiger partial charge in [-0.3, -0.25) is 4.57 Å². The Balaban J connectivity index is 1.83. The maximum absolute atomic E-state index is 10.4. The number of aliphatic hydroxyl groups is 3. The fourth-order valence-electron chi connectivity index (χ4n) is 2.95. The van der Waals surface area contributed by atoms with Crippen LogP contribution in [-0.4, -0.2) is 55.8 Å². The van der Waals surface area contributed by atoms with Crippen LogP contribution in [0, 0.1) is 0 Å². The Kier molecular flexibility index (Phi) is 4.11. The Morgan fingerprint density at radius 2 is 1.92 bits per heavy atom. The molecule has 2 heterocycles. The fraction of sp³-hybridized carbons (Fsp3) is 0.533. The van der Waals surface area contributed by atoms with Crippen molar-refractivity contribution < 1.29 is 20.1 Å². The molecule has 24 heavy (non-hydrogen) atoms. The van der Waals surface area contributed by atoms with Crippen molar-refractivity contribution in [1.82, 2.24) is 9.55 Å². The first-order chi connectivity index (χ1) is 11.5. The van der Waals surface area contributed by atoms with E-state index in [1.807, 2.05) is 0 Å². The monoisotopic (exact) mass is 373 g/mol. The molecule has 0 unspecified atom stereocenters. The van der Waals surface area contributed by atoms with Gasteiger partial charge < -0.3 is 25.4 Å². The van der Waals surface area contributed by atoms with E-state index in [1.165, 1.54) is 0 Å². The number of anilines is 1. The van der Waals surface area contributed by atoms with Crippen molar-refractivity contribution >= 4 is 40.2 Å². The Morgan fingerprint density at radius 1 is 1.21 bits per heavy atom. The highest BCUT2D eigenvalue weighted by Crippen LogP contribution is 2.38. The van der Waals surface area contributed by atoms with Gasteiger partial charge in [0.2, 0.25) is 5.95 Å². The molecule has 7 nitrogen and oxygen atoms in total. The normalized spacial score (nSPS) is 30.2. The lowest BCUT2D eigenvalue weighted by molar-refractivity contribution is -0.0499. The zero-order valence-corrected chi connectivity index (χ0v) is 14.1. The summed E-state index contributed by atoms with van der Waals surface area (Å²) < 4.78 is 7.32. The van der Waals surface area contributed by atoms with Gasteiger partial charge in [-0.25, -0.2) is 4.98 Å². The molecule has 0 amide bonds. The summed E-state index contributed by atoms with van der Waals surface area (Å²) in [6.45, 7) is -0.390. The topological polar surface area (TPSA) is 99.8 Å². The first kappa shape index (κ1) is 16.4. The predicted octanol–water partition coefficient (Wildman–Crippen LogP) is 1.53. The fourth-order valence-corrected chi connectivity index (χ4v) is 3.27. The number of aliphatic hydroxyl groups excluding tert-OH is 3. The molecular formula is C15H17Cl2N3O4. The van der Waals surface area contributed by atoms with Gasteiger partial charge in [0.25, 0.3) is 0 Å². The Labute approximate surface area is 147 Å². The summed E-state index contributed by atoms with van der Waals surface area (Å²) in [5.41, 5.74) is 1.23. The molecule has 1 saturated carbocycles. The molecule has 9 heteroatoms. The summed E-state index contributed by atoms with van der Waals surface area (Å²) in [6, 6.07) is 3.62. The molecule has 0 spiro atoms. The number of aromatic nitrogens is 2. The van der Waals surface area contributed by atoms with E-state index in [9.17, 15) is 15.3 Å². The average Bonchev–Trinajstić information content (AvgIpc) is 3.25. The van der Waals surface area contributed by atoms with Gasteiger partial charge >= 0.3 is 0 Å². The van der Waals surface area contributed by atoms with Gasteiger partial charge in [-0.05, 0) is 25.0 Å². The SMILES string of the molecule is OC[C@@H]1O[C@@H](n2c(NC3CC3)nc3cc(Cl)c(Cl)cc32)[C@H](O)[C@@H]1O. The highest BCUT2D eigenvalue weighted by molar-refractivity contribution is 6.42. The zero-order valence-electron chi connectivity index (χ0n) is 12.6. The largest absolute Gasteiger partial charge is 0.394 e. The summed E-state index contributed by atoms with van der Waals surface area (Å²) in [6.07, 6.45) is -2.05. The first-order valence-electron chi connectivity index (χ1n) is 7.75. The molecule has 4 atom stereocenters. The van der Waals surface area contributed by atoms with Crippen LogP contribution in [0.2, 0.25) is 10.0 Å². The smallest absolute Gasteiger partial charge is 0.206 e. The predicted molar refractivity (Wildman–Crippen MR) is 89.4 cm³/mol. The second-order valence-corrected chi connectivity index (χ2v) is 7.02. The summed E-state index contributed by atoms with van der Waals surface area (Å²) in [5, 5.41) is 33.8. The number of benzene rings is 1. The lowest BCUT2D eigenvalue weighted by Crippen LogP contribution is -2.33. The van der Waals surface area contributed by atoms with Gasteiger partial charge in [-0.1, -0.05) is 23.2 Å². The van der Waals surface area contributed by atoms with E-state index in [1.54, 1.807) is 16.7 Å². The minimum Gasteiger partial charge on any atom is -0.394 e. The van der Waals surface area contributed by atoms with Crippen LogP contribution in [0.25, 0.3) is 11.0 Å². The van der Waals surface area contributed by atoms with E-state index in [0.717, 1.165) is 12.8 Å². The van der Waals surface area contributed by atoms with Crippen LogP contribution in [0.5, 0.6) is 0 Å². The van der Waals surface area contributed by atoms with Crippen molar-refractivity contribution in [1.29, 1.82) is 0 Å². The number of nitrogens with zero attached hydrogens (tertiary/aromatic N) is 2. The maximum atomic E-state index is 10.4. The van der Waals surface area contributed by atoms with Crippen LogP contribution < -0.4 is 5.32 Å². The molecule has 2 fully saturated rings. The van der Waals surface area contributed by atoms with Crippen LogP contribution in [0.1, 0.15) is 19.1 Å². The maximum Gasteiger partial charge on any atom is 0.206 e. The molecule has 1 aliphatic heterocycles. The molecule has 0 radical (unpaired) electrons. The molecule has 130 valence electrons. The third kappa shape index (κ3) is 2.65. The summed E-state index contributed by atoms with van der Waals surface area (Å²) in [7, 11) is 0. The minimum atomic E-state index is -1.20. The van der Waals surface area contributed by atoms with Gasteiger partial charge in [0, 0.05) is 6.04 Å². The van der Waals surface area contributed by atoms with Gasteiger partial charge in [0.05, 0.1) is 27.7 Å². The van der Waals surface area contributed by atoms with E-state index in [0.29, 0.717) is 33.1 Å². The van der Waals surface area contributed by atoms with Crippen molar-refractivity contribution in [3.8, 4) is 0 Å². The number of nitrogens with one attached hydrogen (secondary N) is 1. The van der Waals surface area contributed by atoms with Gasteiger partial charge in [0.1, 0.15) is 18.3 Å². The zero-order chi connectivity index (χ0) is 17.0. The van der Waals surface area contributed by atoms with E-state index < -0.39 is 24.5 Å². The van der Waals surface area contributed by atoms with E-state index in [4.69, 9.17) is 27.9 Å². The molecule has 2 aromatic rings. The third-order valence-corrected chi connectivity index (χ3v) is 5.14. The molecule has 2 aliphatic rings. The van der Waals surface area contributed by atoms with Gasteiger partial charge in [0.15, 0.2) is 6.23 Å². The average molecular weight is 374 g/mol. The van der Waals surface area contributed by atoms with E-state index in [2.05, 4.69) is 10.3 Å². The molecule has 1 aliphatic carbocycles. The molecule has 4 N–H and O–H groups in total. The quantitative estimate of drug-likeness (QED) is 0.648. The Bertz CT molecular complexity index is 780. The summed E-state index contributed by atoms with van der Waals surface area (Å²) in [4.78, 5) is 4.52. The standard InChI is InChI=1S/C15H17Cl2N3O4/c16-7-3-9-10(4-8(7)17)20(15(19-9)18-6-1-2-6)14-13(23)12(22)11(5-21)24-14/h3-4,6,11-14,21-23H,1-2,5H2,(H,18,19)/t11-,12+,13+,14+/m0/s1. The van der Waals surface area contributed by atoms with E-state index in [-0.39, 0.29) is 6.61 Å². The van der Waals surface area contributed by atoms with Crippen LogP contribution in [-0.2, 0) is 4.74 Å². The van der Waals surface area contributed by atoms with Crippen molar-refractivity contribution in [3.05, 3.63) is 22.2 Å². The van der Waals surface area contributed by atoms with Crippen LogP contribution in [0.4, 0.5) is 5.95 Å². The molecule has 1 aromatic heterocycles. The highest BCUT2D eigenvalue weighted by atomic mass is 35.5. The number of fused-ring (bicyclic) bond motifs is 1. The number of hydrogen-bond acceptors (Lipinski definition) is 6. The molecule has 0 bridgehead atoms. The minimum absolute atomic E-state index is 0.323. The van der Waals surface area contributed by atoms with Crippen molar-refractivity contribution in [2.24, 2.45) is 0 Å². The lowest BCUT2D eigenvalue weighted by Gasteiger charge is -2.20. The summed E-state index contributed by atoms with van der Waals surface area (Å²) in [5.74, 6) is 0.515. The van der Waals surface area contributed by atoms with Crippen molar-refractivity contribution in [3.63, 3.8) is 0 Å². The Hall–Kier alpha value is -1.09. The van der Waals surface area contributed by atoms with E-state index >= 15 is 0 Å². The summed E-state index contributed by atoms with van der Waals surface area (Å²) >= 11 is 12.2. The molecule has 4 rings (SSSR count). The van der Waals surface area contributed by atoms with Gasteiger partial charge in [-0.15, -0.1) is 0 Å². The molecule has 1 aromatic carbocycles. The van der Waals surface area contributed by atoms with Crippen LogP contribution in [0.3, 0.4) is 0 Å². The number of ether oxygens (including phenoxy) is 1. The molecular weight excluding hydrogens is 357 g/mol. The first-order valence-corrected chi connectivity index (χ1v) is 8.51.